The first-order chi connectivity index (χ1) is 7.16. The third-order valence-corrected chi connectivity index (χ3v) is 2.94. The first kappa shape index (κ1) is 10.8. The Morgan fingerprint density at radius 3 is 2.80 bits per heavy atom. The van der Waals surface area contributed by atoms with Crippen LogP contribution in [-0.4, -0.2) is 17.3 Å². The molecule has 2 unspecified atom stereocenters. The minimum absolute atomic E-state index is 0.170. The molecule has 15 heavy (non-hydrogen) atoms. The topological polar surface area (TPSA) is 29.5 Å². The fourth-order valence-electron chi connectivity index (χ4n) is 1.65. The quantitative estimate of drug-likeness (QED) is 0.856. The second-order valence-corrected chi connectivity index (χ2v) is 4.54. The standard InChI is InChI=1S/C12H15ClO2/c1-8(12(14)9-5-6-9)15-11-4-2-3-10(13)7-11/h2-4,7-9,12,14H,5-6H2,1H3. The van der Waals surface area contributed by atoms with Gasteiger partial charge in [-0.15, -0.1) is 0 Å². The molecule has 1 aliphatic carbocycles. The maximum Gasteiger partial charge on any atom is 0.122 e. The first-order valence-electron chi connectivity index (χ1n) is 5.27. The van der Waals surface area contributed by atoms with Crippen molar-refractivity contribution in [2.45, 2.75) is 32.0 Å². The normalized spacial score (nSPS) is 19.7. The van der Waals surface area contributed by atoms with Crippen molar-refractivity contribution >= 4 is 11.6 Å². The van der Waals surface area contributed by atoms with Gasteiger partial charge in [-0.05, 0) is 43.9 Å². The number of halogens is 1. The number of benzene rings is 1. The van der Waals surface area contributed by atoms with Gasteiger partial charge in [0.25, 0.3) is 0 Å². The van der Waals surface area contributed by atoms with E-state index < -0.39 is 0 Å². The molecule has 0 amide bonds. The van der Waals surface area contributed by atoms with Crippen LogP contribution in [0.2, 0.25) is 5.02 Å². The van der Waals surface area contributed by atoms with Crippen molar-refractivity contribution < 1.29 is 9.84 Å². The largest absolute Gasteiger partial charge is 0.488 e. The Bertz CT molecular complexity index is 336. The average molecular weight is 227 g/mol. The molecule has 0 saturated heterocycles. The van der Waals surface area contributed by atoms with Crippen LogP contribution in [0.25, 0.3) is 0 Å². The van der Waals surface area contributed by atoms with E-state index in [0.29, 0.717) is 10.9 Å². The number of aliphatic hydroxyl groups excluding tert-OH is 1. The van der Waals surface area contributed by atoms with E-state index in [0.717, 1.165) is 18.6 Å². The second kappa shape index (κ2) is 4.42. The molecule has 2 nitrogen and oxygen atoms in total. The molecule has 0 aliphatic heterocycles. The van der Waals surface area contributed by atoms with Crippen molar-refractivity contribution in [1.82, 2.24) is 0 Å². The zero-order valence-electron chi connectivity index (χ0n) is 8.69. The molecule has 0 spiro atoms. The van der Waals surface area contributed by atoms with Gasteiger partial charge in [0, 0.05) is 5.02 Å². The van der Waals surface area contributed by atoms with E-state index in [2.05, 4.69) is 0 Å². The Balaban J connectivity index is 1.95. The lowest BCUT2D eigenvalue weighted by molar-refractivity contribution is 0.0326. The highest BCUT2D eigenvalue weighted by atomic mass is 35.5. The Kier molecular flexibility index (Phi) is 3.17. The van der Waals surface area contributed by atoms with Crippen molar-refractivity contribution in [2.75, 3.05) is 0 Å². The lowest BCUT2D eigenvalue weighted by atomic mass is 10.1. The first-order valence-corrected chi connectivity index (χ1v) is 5.65. The highest BCUT2D eigenvalue weighted by Crippen LogP contribution is 2.34. The Hall–Kier alpha value is -0.730. The summed E-state index contributed by atoms with van der Waals surface area (Å²) in [4.78, 5) is 0. The molecule has 82 valence electrons. The van der Waals surface area contributed by atoms with E-state index >= 15 is 0 Å². The third-order valence-electron chi connectivity index (χ3n) is 2.70. The molecule has 1 fully saturated rings. The molecular weight excluding hydrogens is 212 g/mol. The predicted molar refractivity (Wildman–Crippen MR) is 60.3 cm³/mol. The molecule has 3 heteroatoms. The van der Waals surface area contributed by atoms with Gasteiger partial charge in [0.05, 0.1) is 6.10 Å². The smallest absolute Gasteiger partial charge is 0.122 e. The summed E-state index contributed by atoms with van der Waals surface area (Å²) < 4.78 is 5.62. The lowest BCUT2D eigenvalue weighted by Gasteiger charge is -2.20. The molecule has 1 aliphatic rings. The molecule has 2 rings (SSSR count). The van der Waals surface area contributed by atoms with Gasteiger partial charge in [-0.25, -0.2) is 0 Å². The summed E-state index contributed by atoms with van der Waals surface area (Å²) in [5.41, 5.74) is 0. The lowest BCUT2D eigenvalue weighted by Crippen LogP contribution is -2.30. The molecule has 1 saturated carbocycles. The van der Waals surface area contributed by atoms with Crippen molar-refractivity contribution in [3.63, 3.8) is 0 Å². The van der Waals surface area contributed by atoms with Crippen LogP contribution < -0.4 is 4.74 Å². The van der Waals surface area contributed by atoms with E-state index in [-0.39, 0.29) is 12.2 Å². The van der Waals surface area contributed by atoms with Gasteiger partial charge in [-0.2, -0.15) is 0 Å². The van der Waals surface area contributed by atoms with Crippen molar-refractivity contribution in [2.24, 2.45) is 5.92 Å². The van der Waals surface area contributed by atoms with Crippen molar-refractivity contribution in [1.29, 1.82) is 0 Å². The van der Waals surface area contributed by atoms with E-state index in [1.165, 1.54) is 0 Å². The third kappa shape index (κ3) is 2.86. The van der Waals surface area contributed by atoms with Gasteiger partial charge < -0.3 is 9.84 Å². The summed E-state index contributed by atoms with van der Waals surface area (Å²) in [5, 5.41) is 10.5. The number of rotatable bonds is 4. The van der Waals surface area contributed by atoms with Crippen molar-refractivity contribution in [3.8, 4) is 5.75 Å². The van der Waals surface area contributed by atoms with Crippen LogP contribution in [0, 0.1) is 5.92 Å². The average Bonchev–Trinajstić information content (AvgIpc) is 2.99. The summed E-state index contributed by atoms with van der Waals surface area (Å²) in [5.74, 6) is 1.15. The van der Waals surface area contributed by atoms with Crippen LogP contribution in [0.15, 0.2) is 24.3 Å². The van der Waals surface area contributed by atoms with E-state index in [1.54, 1.807) is 12.1 Å². The molecule has 2 atom stereocenters. The molecule has 0 heterocycles. The van der Waals surface area contributed by atoms with Crippen LogP contribution in [0.5, 0.6) is 5.75 Å². The summed E-state index contributed by atoms with van der Waals surface area (Å²) in [6.45, 7) is 1.89. The van der Waals surface area contributed by atoms with Crippen LogP contribution in [0.1, 0.15) is 19.8 Å². The van der Waals surface area contributed by atoms with Crippen LogP contribution in [-0.2, 0) is 0 Å². The summed E-state index contributed by atoms with van der Waals surface area (Å²) in [6.07, 6.45) is 1.70. The highest BCUT2D eigenvalue weighted by molar-refractivity contribution is 6.30. The van der Waals surface area contributed by atoms with Gasteiger partial charge >= 0.3 is 0 Å². The second-order valence-electron chi connectivity index (χ2n) is 4.11. The fourth-order valence-corrected chi connectivity index (χ4v) is 1.83. The Morgan fingerprint density at radius 1 is 1.47 bits per heavy atom. The maximum atomic E-state index is 9.83. The van der Waals surface area contributed by atoms with Gasteiger partial charge in [0.1, 0.15) is 11.9 Å². The highest BCUT2D eigenvalue weighted by Gasteiger charge is 2.34. The number of ether oxygens (including phenoxy) is 1. The van der Waals surface area contributed by atoms with Gasteiger partial charge in [0.15, 0.2) is 0 Å². The fraction of sp³-hybridized carbons (Fsp3) is 0.500. The zero-order valence-corrected chi connectivity index (χ0v) is 9.45. The molecule has 0 bridgehead atoms. The predicted octanol–water partition coefficient (Wildman–Crippen LogP) is 2.88. The number of hydrogen-bond donors (Lipinski definition) is 1. The Labute approximate surface area is 94.8 Å². The van der Waals surface area contributed by atoms with Crippen LogP contribution >= 0.6 is 11.6 Å². The minimum atomic E-state index is -0.357. The van der Waals surface area contributed by atoms with Gasteiger partial charge in [-0.1, -0.05) is 17.7 Å². The molecule has 1 aromatic carbocycles. The summed E-state index contributed by atoms with van der Waals surface area (Å²) >= 11 is 5.84. The van der Waals surface area contributed by atoms with Gasteiger partial charge in [-0.3, -0.25) is 0 Å². The molecule has 1 N–H and O–H groups in total. The number of aliphatic hydroxyl groups is 1. The molecular formula is C12H15ClO2. The zero-order chi connectivity index (χ0) is 10.8. The summed E-state index contributed by atoms with van der Waals surface area (Å²) in [7, 11) is 0. The van der Waals surface area contributed by atoms with Gasteiger partial charge in [0.2, 0.25) is 0 Å². The number of hydrogen-bond acceptors (Lipinski definition) is 2. The SMILES string of the molecule is CC(Oc1cccc(Cl)c1)C(O)C1CC1. The van der Waals surface area contributed by atoms with Crippen molar-refractivity contribution in [3.05, 3.63) is 29.3 Å². The van der Waals surface area contributed by atoms with E-state index in [4.69, 9.17) is 16.3 Å². The molecule has 1 aromatic rings. The monoisotopic (exact) mass is 226 g/mol. The molecule has 0 aromatic heterocycles. The maximum absolute atomic E-state index is 9.83. The van der Waals surface area contributed by atoms with E-state index in [9.17, 15) is 5.11 Å². The Morgan fingerprint density at radius 2 is 2.20 bits per heavy atom. The minimum Gasteiger partial charge on any atom is -0.488 e. The van der Waals surface area contributed by atoms with Crippen LogP contribution in [0.3, 0.4) is 0 Å². The summed E-state index contributed by atoms with van der Waals surface area (Å²) in [6, 6.07) is 7.25. The van der Waals surface area contributed by atoms with E-state index in [1.807, 2.05) is 19.1 Å². The molecule has 0 radical (unpaired) electrons. The van der Waals surface area contributed by atoms with Crippen LogP contribution in [0.4, 0.5) is 0 Å².